The van der Waals surface area contributed by atoms with E-state index >= 15 is 0 Å². The molecule has 1 fully saturated rings. The molecule has 0 N–H and O–H groups in total. The van der Waals surface area contributed by atoms with E-state index in [-0.39, 0.29) is 18.2 Å². The summed E-state index contributed by atoms with van der Waals surface area (Å²) in [6.07, 6.45) is -4.17. The van der Waals surface area contributed by atoms with E-state index in [1.807, 2.05) is 34.9 Å². The Kier molecular flexibility index (Phi) is 3.11. The number of likely N-dealkylation sites (tertiary alicyclic amines) is 1. The highest BCUT2D eigenvalue weighted by molar-refractivity contribution is 6.10. The van der Waals surface area contributed by atoms with Gasteiger partial charge < -0.3 is 9.47 Å². The van der Waals surface area contributed by atoms with Crippen molar-refractivity contribution in [3.63, 3.8) is 0 Å². The number of amidine groups is 1. The second-order valence-corrected chi connectivity index (χ2v) is 6.84. The van der Waals surface area contributed by atoms with Crippen molar-refractivity contribution in [3.8, 4) is 5.69 Å². The van der Waals surface area contributed by atoms with Gasteiger partial charge in [0.05, 0.1) is 28.4 Å². The lowest BCUT2D eigenvalue weighted by molar-refractivity contribution is -0.137. The minimum absolute atomic E-state index is 0.0501. The van der Waals surface area contributed by atoms with Gasteiger partial charge in [-0.25, -0.2) is 4.99 Å². The molecule has 0 saturated carbocycles. The van der Waals surface area contributed by atoms with Crippen molar-refractivity contribution in [1.29, 1.82) is 0 Å². The molecule has 1 aromatic heterocycles. The van der Waals surface area contributed by atoms with Crippen molar-refractivity contribution >= 4 is 28.3 Å². The van der Waals surface area contributed by atoms with Crippen LogP contribution >= 0.6 is 0 Å². The molecule has 0 radical (unpaired) electrons. The van der Waals surface area contributed by atoms with Crippen LogP contribution in [-0.2, 0) is 11.0 Å². The molecule has 1 unspecified atom stereocenters. The largest absolute Gasteiger partial charge is 0.416 e. The second-order valence-electron chi connectivity index (χ2n) is 6.84. The van der Waals surface area contributed by atoms with Crippen LogP contribution < -0.4 is 0 Å². The Balaban J connectivity index is 1.87. The van der Waals surface area contributed by atoms with Gasteiger partial charge in [-0.15, -0.1) is 0 Å². The van der Waals surface area contributed by atoms with E-state index in [1.165, 1.54) is 17.0 Å². The first kappa shape index (κ1) is 16.1. The lowest BCUT2D eigenvalue weighted by atomic mass is 10.0. The van der Waals surface area contributed by atoms with Crippen LogP contribution in [0.3, 0.4) is 0 Å². The Labute approximate surface area is 152 Å². The normalized spacial score (nSPS) is 18.8. The number of aliphatic imine (C=N–C) groups is 1. The monoisotopic (exact) mass is 369 g/mol. The lowest BCUT2D eigenvalue weighted by Crippen LogP contribution is -2.25. The van der Waals surface area contributed by atoms with Crippen molar-refractivity contribution in [2.75, 3.05) is 7.05 Å². The average Bonchev–Trinajstić information content (AvgIpc) is 3.09. The summed E-state index contributed by atoms with van der Waals surface area (Å²) < 4.78 is 41.6. The first-order chi connectivity index (χ1) is 12.8. The number of aromatic nitrogens is 1. The second kappa shape index (κ2) is 5.22. The highest BCUT2D eigenvalue weighted by Crippen LogP contribution is 2.42. The van der Waals surface area contributed by atoms with Crippen LogP contribution in [0.4, 0.5) is 18.9 Å². The Hall–Kier alpha value is -3.09. The number of benzene rings is 2. The van der Waals surface area contributed by atoms with Gasteiger partial charge in [-0.2, -0.15) is 13.2 Å². The smallest absolute Gasteiger partial charge is 0.311 e. The van der Waals surface area contributed by atoms with Gasteiger partial charge >= 0.3 is 6.18 Å². The van der Waals surface area contributed by atoms with E-state index in [0.29, 0.717) is 28.1 Å². The number of nitrogens with zero attached hydrogens (tertiary/aromatic N) is 3. The van der Waals surface area contributed by atoms with Gasteiger partial charge in [-0.3, -0.25) is 4.79 Å². The number of rotatable bonds is 0. The van der Waals surface area contributed by atoms with Crippen molar-refractivity contribution in [2.24, 2.45) is 4.99 Å². The molecular weight excluding hydrogens is 355 g/mol. The third-order valence-electron chi connectivity index (χ3n) is 5.28. The summed E-state index contributed by atoms with van der Waals surface area (Å²) >= 11 is 0. The molecule has 1 amide bonds. The van der Waals surface area contributed by atoms with Crippen molar-refractivity contribution < 1.29 is 18.0 Å². The molecular formula is C20H14F3N3O. The number of halogens is 3. The minimum atomic E-state index is -4.42. The zero-order chi connectivity index (χ0) is 18.9. The molecule has 2 aliphatic rings. The molecule has 0 bridgehead atoms. The average molecular weight is 369 g/mol. The number of hydrogen-bond acceptors (Lipinski definition) is 2. The number of alkyl halides is 3. The predicted octanol–water partition coefficient (Wildman–Crippen LogP) is 4.64. The third-order valence-corrected chi connectivity index (χ3v) is 5.28. The summed E-state index contributed by atoms with van der Waals surface area (Å²) in [5.74, 6) is 0.299. The van der Waals surface area contributed by atoms with Gasteiger partial charge in [0.2, 0.25) is 5.91 Å². The molecule has 2 aromatic carbocycles. The van der Waals surface area contributed by atoms with Crippen LogP contribution in [0, 0.1) is 0 Å². The molecule has 27 heavy (non-hydrogen) atoms. The van der Waals surface area contributed by atoms with Gasteiger partial charge in [-0.05, 0) is 30.3 Å². The van der Waals surface area contributed by atoms with Crippen molar-refractivity contribution in [1.82, 2.24) is 9.47 Å². The molecule has 1 saturated heterocycles. The molecule has 0 spiro atoms. The quantitative estimate of drug-likeness (QED) is 0.569. The Morgan fingerprint density at radius 1 is 1.11 bits per heavy atom. The summed E-state index contributed by atoms with van der Waals surface area (Å²) in [6.45, 7) is 0. The van der Waals surface area contributed by atoms with Gasteiger partial charge in [0.1, 0.15) is 5.84 Å². The number of amides is 1. The van der Waals surface area contributed by atoms with E-state index in [4.69, 9.17) is 0 Å². The SMILES string of the molecule is CN1C(=O)CC2C1=Nc1ccccc1-n1c2cc2ccc(C(F)(F)F)cc21. The molecule has 2 aliphatic heterocycles. The fourth-order valence-electron chi connectivity index (χ4n) is 3.95. The predicted molar refractivity (Wildman–Crippen MR) is 95.5 cm³/mol. The molecule has 5 rings (SSSR count). The maximum atomic E-state index is 13.3. The number of likely N-dealkylation sites (N-methyl/N-ethyl adjacent to an activating group) is 1. The van der Waals surface area contributed by atoms with Crippen molar-refractivity contribution in [3.05, 3.63) is 59.8 Å². The summed E-state index contributed by atoms with van der Waals surface area (Å²) in [4.78, 5) is 18.5. The molecule has 136 valence electrons. The lowest BCUT2D eigenvalue weighted by Gasteiger charge is -2.14. The van der Waals surface area contributed by atoms with E-state index in [1.54, 1.807) is 7.05 Å². The van der Waals surface area contributed by atoms with E-state index in [2.05, 4.69) is 4.99 Å². The molecule has 4 nitrogen and oxygen atoms in total. The van der Waals surface area contributed by atoms with Crippen LogP contribution in [0.25, 0.3) is 16.6 Å². The first-order valence-electron chi connectivity index (χ1n) is 8.52. The van der Waals surface area contributed by atoms with Gasteiger partial charge in [0.25, 0.3) is 0 Å². The van der Waals surface area contributed by atoms with Crippen LogP contribution in [0.5, 0.6) is 0 Å². The van der Waals surface area contributed by atoms with E-state index in [0.717, 1.165) is 11.8 Å². The van der Waals surface area contributed by atoms with Gasteiger partial charge in [-0.1, -0.05) is 18.2 Å². The molecule has 3 heterocycles. The highest BCUT2D eigenvalue weighted by atomic mass is 19.4. The standard InChI is InChI=1S/C20H14F3N3O/c1-25-18(27)10-13-17-8-11-6-7-12(20(21,22)23)9-16(11)26(17)15-5-3-2-4-14(15)24-19(13)25/h2-9,13H,10H2,1H3. The zero-order valence-corrected chi connectivity index (χ0v) is 14.3. The Morgan fingerprint density at radius 3 is 2.67 bits per heavy atom. The Morgan fingerprint density at radius 2 is 1.89 bits per heavy atom. The van der Waals surface area contributed by atoms with Crippen LogP contribution in [0.15, 0.2) is 53.5 Å². The van der Waals surface area contributed by atoms with Gasteiger partial charge in [0.15, 0.2) is 0 Å². The van der Waals surface area contributed by atoms with E-state index < -0.39 is 11.7 Å². The highest BCUT2D eigenvalue weighted by Gasteiger charge is 2.39. The number of para-hydroxylation sites is 2. The van der Waals surface area contributed by atoms with Crippen LogP contribution in [0.1, 0.15) is 23.6 Å². The maximum Gasteiger partial charge on any atom is 0.416 e. The fourth-order valence-corrected chi connectivity index (χ4v) is 3.95. The number of carbonyl (C=O) groups is 1. The van der Waals surface area contributed by atoms with Gasteiger partial charge in [0, 0.05) is 24.5 Å². The van der Waals surface area contributed by atoms with Crippen molar-refractivity contribution in [2.45, 2.75) is 18.5 Å². The molecule has 3 aromatic rings. The first-order valence-corrected chi connectivity index (χ1v) is 8.52. The fraction of sp³-hybridized carbons (Fsp3) is 0.200. The summed E-state index contributed by atoms with van der Waals surface area (Å²) in [5, 5.41) is 0.705. The summed E-state index contributed by atoms with van der Waals surface area (Å²) in [6, 6.07) is 12.9. The Bertz CT molecular complexity index is 1140. The van der Waals surface area contributed by atoms with E-state index in [9.17, 15) is 18.0 Å². The third kappa shape index (κ3) is 2.24. The number of carbonyl (C=O) groups excluding carboxylic acids is 1. The van der Waals surface area contributed by atoms with Crippen LogP contribution in [-0.4, -0.2) is 28.3 Å². The number of hydrogen-bond donors (Lipinski definition) is 0. The number of fused-ring (bicyclic) bond motifs is 7. The topological polar surface area (TPSA) is 37.6 Å². The summed E-state index contributed by atoms with van der Waals surface area (Å²) in [7, 11) is 1.68. The molecule has 1 atom stereocenters. The van der Waals surface area contributed by atoms with Crippen LogP contribution in [0.2, 0.25) is 0 Å². The maximum absolute atomic E-state index is 13.3. The zero-order valence-electron chi connectivity index (χ0n) is 14.3. The molecule has 0 aliphatic carbocycles. The molecule has 7 heteroatoms. The summed E-state index contributed by atoms with van der Waals surface area (Å²) in [5.41, 5.74) is 1.90. The minimum Gasteiger partial charge on any atom is -0.311 e.